The zero-order valence-corrected chi connectivity index (χ0v) is 24.6. The molecule has 1 aliphatic heterocycles. The van der Waals surface area contributed by atoms with Crippen LogP contribution in [-0.4, -0.2) is 65.5 Å². The molecule has 4 fully saturated rings. The molecule has 0 aromatic heterocycles. The van der Waals surface area contributed by atoms with Crippen LogP contribution in [0.2, 0.25) is 0 Å². The van der Waals surface area contributed by atoms with Gasteiger partial charge in [0.1, 0.15) is 5.60 Å². The van der Waals surface area contributed by atoms with Crippen LogP contribution in [0.4, 0.5) is 0 Å². The standard InChI is InChI=1S/C34H46N4O3/c1-23(10-11-25(35-2)22-36-24-8-6-4-3-5-7-9-24)30-26-12-13-27(30)29-15-14-28(26)31(29)32(39)37-18-20-38(21-19-37)33(40)34(41)16-17-34/h8,10-11,22,30-31,35-36,41H,1,3-7,9,12-21H2,2H3/b11-10-,24-8+,25-22-. The first-order valence-electron chi connectivity index (χ1n) is 15.8. The van der Waals surface area contributed by atoms with Crippen LogP contribution in [0.3, 0.4) is 0 Å². The Morgan fingerprint density at radius 3 is 2.12 bits per heavy atom. The summed E-state index contributed by atoms with van der Waals surface area (Å²) in [5.74, 6) is 0.167. The zero-order valence-electron chi connectivity index (χ0n) is 24.6. The molecule has 41 heavy (non-hydrogen) atoms. The van der Waals surface area contributed by atoms with Crippen molar-refractivity contribution >= 4 is 11.8 Å². The fourth-order valence-corrected chi connectivity index (χ4v) is 7.60. The number of rotatable bonds is 8. The van der Waals surface area contributed by atoms with Crippen LogP contribution < -0.4 is 10.6 Å². The number of aliphatic hydroxyl groups is 1. The fraction of sp³-hybridized carbons (Fsp3) is 0.588. The molecule has 0 aromatic carbocycles. The summed E-state index contributed by atoms with van der Waals surface area (Å²) in [6, 6.07) is 0. The molecule has 0 unspecified atom stereocenters. The Kier molecular flexibility index (Phi) is 7.99. The normalized spacial score (nSPS) is 28.8. The molecule has 1 heterocycles. The molecule has 0 spiro atoms. The van der Waals surface area contributed by atoms with Gasteiger partial charge in [0.2, 0.25) is 5.91 Å². The summed E-state index contributed by atoms with van der Waals surface area (Å²) in [6.07, 6.45) is 21.2. The zero-order chi connectivity index (χ0) is 28.6. The van der Waals surface area contributed by atoms with Gasteiger partial charge in [0.05, 0.1) is 11.6 Å². The molecule has 6 aliphatic rings. The highest BCUT2D eigenvalue weighted by molar-refractivity contribution is 5.89. The van der Waals surface area contributed by atoms with Gasteiger partial charge in [-0.05, 0) is 75.9 Å². The lowest BCUT2D eigenvalue weighted by atomic mass is 9.77. The lowest BCUT2D eigenvalue weighted by Crippen LogP contribution is -2.54. The third-order valence-corrected chi connectivity index (χ3v) is 10.1. The summed E-state index contributed by atoms with van der Waals surface area (Å²) >= 11 is 0. The summed E-state index contributed by atoms with van der Waals surface area (Å²) in [5, 5.41) is 17.0. The number of nitrogens with zero attached hydrogens (tertiary/aromatic N) is 2. The number of hydrogen-bond acceptors (Lipinski definition) is 5. The number of allylic oxidation sites excluding steroid dienone is 7. The van der Waals surface area contributed by atoms with Gasteiger partial charge in [-0.25, -0.2) is 0 Å². The molecule has 7 nitrogen and oxygen atoms in total. The van der Waals surface area contributed by atoms with E-state index in [2.05, 4.69) is 41.6 Å². The van der Waals surface area contributed by atoms with E-state index in [1.165, 1.54) is 53.7 Å². The van der Waals surface area contributed by atoms with Crippen molar-refractivity contribution in [2.24, 2.45) is 11.8 Å². The lowest BCUT2D eigenvalue weighted by molar-refractivity contribution is -0.147. The minimum absolute atomic E-state index is 0.112. The number of fused-ring (bicyclic) bond motifs is 4. The Labute approximate surface area is 244 Å². The number of nitrogens with one attached hydrogen (secondary N) is 2. The minimum atomic E-state index is -1.13. The van der Waals surface area contributed by atoms with Gasteiger partial charge in [-0.3, -0.25) is 9.59 Å². The molecule has 3 saturated carbocycles. The molecule has 0 aromatic rings. The summed E-state index contributed by atoms with van der Waals surface area (Å²) in [6.45, 7) is 6.62. The smallest absolute Gasteiger partial charge is 0.254 e. The molecular weight excluding hydrogens is 512 g/mol. The van der Waals surface area contributed by atoms with E-state index in [1.807, 2.05) is 11.9 Å². The monoisotopic (exact) mass is 558 g/mol. The summed E-state index contributed by atoms with van der Waals surface area (Å²) in [4.78, 5) is 30.1. The number of hydrogen-bond donors (Lipinski definition) is 3. The van der Waals surface area contributed by atoms with E-state index >= 15 is 0 Å². The Hall–Kier alpha value is -3.06. The van der Waals surface area contributed by atoms with Crippen LogP contribution in [0, 0.1) is 11.8 Å². The van der Waals surface area contributed by atoms with E-state index in [4.69, 9.17) is 0 Å². The van der Waals surface area contributed by atoms with Crippen molar-refractivity contribution in [3.05, 3.63) is 70.3 Å². The predicted octanol–water partition coefficient (Wildman–Crippen LogP) is 4.61. The first-order chi connectivity index (χ1) is 19.9. The number of likely N-dealkylation sites (N-methyl/N-ethyl adjacent to an activating group) is 1. The van der Waals surface area contributed by atoms with Crippen molar-refractivity contribution in [3.63, 3.8) is 0 Å². The lowest BCUT2D eigenvalue weighted by Gasteiger charge is -2.38. The summed E-state index contributed by atoms with van der Waals surface area (Å²) < 4.78 is 0. The van der Waals surface area contributed by atoms with Gasteiger partial charge in [0.25, 0.3) is 5.91 Å². The molecule has 220 valence electrons. The van der Waals surface area contributed by atoms with Crippen LogP contribution in [0.5, 0.6) is 0 Å². The summed E-state index contributed by atoms with van der Waals surface area (Å²) in [7, 11) is 1.95. The maximum atomic E-state index is 13.8. The van der Waals surface area contributed by atoms with E-state index in [0.717, 1.165) is 49.8 Å². The molecule has 2 amide bonds. The van der Waals surface area contributed by atoms with Crippen molar-refractivity contribution in [1.82, 2.24) is 20.4 Å². The Balaban J connectivity index is 1.11. The molecule has 1 saturated heterocycles. The van der Waals surface area contributed by atoms with Gasteiger partial charge in [-0.15, -0.1) is 0 Å². The van der Waals surface area contributed by atoms with E-state index < -0.39 is 5.60 Å². The van der Waals surface area contributed by atoms with Gasteiger partial charge in [0, 0.05) is 51.0 Å². The van der Waals surface area contributed by atoms with Crippen molar-refractivity contribution < 1.29 is 14.7 Å². The molecular formula is C34H46N4O3. The number of amides is 2. The first kappa shape index (κ1) is 28.1. The fourth-order valence-electron chi connectivity index (χ4n) is 7.60. The Morgan fingerprint density at radius 2 is 1.49 bits per heavy atom. The van der Waals surface area contributed by atoms with Gasteiger partial charge in [-0.2, -0.15) is 0 Å². The van der Waals surface area contributed by atoms with E-state index in [9.17, 15) is 14.7 Å². The molecule has 4 bridgehead atoms. The van der Waals surface area contributed by atoms with Crippen LogP contribution in [0.1, 0.15) is 77.0 Å². The predicted molar refractivity (Wildman–Crippen MR) is 161 cm³/mol. The Morgan fingerprint density at radius 1 is 0.878 bits per heavy atom. The Bertz CT molecular complexity index is 1230. The molecule has 0 radical (unpaired) electrons. The van der Waals surface area contributed by atoms with Gasteiger partial charge in [-0.1, -0.05) is 53.9 Å². The minimum Gasteiger partial charge on any atom is -0.387 e. The highest BCUT2D eigenvalue weighted by Gasteiger charge is 2.51. The quantitative estimate of drug-likeness (QED) is 0.299. The van der Waals surface area contributed by atoms with Crippen LogP contribution in [0.25, 0.3) is 0 Å². The second kappa shape index (κ2) is 11.7. The highest BCUT2D eigenvalue weighted by Crippen LogP contribution is 2.57. The van der Waals surface area contributed by atoms with Crippen LogP contribution >= 0.6 is 0 Å². The number of carbonyl (C=O) groups excluding carboxylic acids is 2. The average Bonchev–Trinajstić information content (AvgIpc) is 3.45. The summed E-state index contributed by atoms with van der Waals surface area (Å²) in [5.41, 5.74) is 7.82. The van der Waals surface area contributed by atoms with Gasteiger partial charge < -0.3 is 25.5 Å². The van der Waals surface area contributed by atoms with E-state index in [-0.39, 0.29) is 23.7 Å². The van der Waals surface area contributed by atoms with E-state index in [0.29, 0.717) is 39.0 Å². The third-order valence-electron chi connectivity index (χ3n) is 10.1. The first-order valence-corrected chi connectivity index (χ1v) is 15.8. The van der Waals surface area contributed by atoms with Gasteiger partial charge >= 0.3 is 0 Å². The van der Waals surface area contributed by atoms with Gasteiger partial charge in [0.15, 0.2) is 0 Å². The SMILES string of the molecule is C=C(/C=C\C(=C\N/C1=C/CCCCCC1)NC)C1C2=C3CCC(=C1CC2)C3C(=O)N1CCN(C(=O)C2(O)CC2)CC1. The largest absolute Gasteiger partial charge is 0.387 e. The number of piperazine rings is 1. The topological polar surface area (TPSA) is 84.9 Å². The average molecular weight is 559 g/mol. The van der Waals surface area contributed by atoms with Crippen LogP contribution in [0.15, 0.2) is 70.3 Å². The van der Waals surface area contributed by atoms with Crippen molar-refractivity contribution in [2.45, 2.75) is 82.7 Å². The van der Waals surface area contributed by atoms with Crippen molar-refractivity contribution in [3.8, 4) is 0 Å². The molecule has 3 N–H and O–H groups in total. The van der Waals surface area contributed by atoms with Crippen molar-refractivity contribution in [1.29, 1.82) is 0 Å². The maximum Gasteiger partial charge on any atom is 0.254 e. The molecule has 5 aliphatic carbocycles. The highest BCUT2D eigenvalue weighted by atomic mass is 16.3. The van der Waals surface area contributed by atoms with Crippen molar-refractivity contribution in [2.75, 3.05) is 33.2 Å². The molecule has 6 rings (SSSR count). The molecule has 7 heteroatoms. The van der Waals surface area contributed by atoms with Crippen LogP contribution in [-0.2, 0) is 9.59 Å². The molecule has 0 atom stereocenters. The second-order valence-corrected chi connectivity index (χ2v) is 12.7. The van der Waals surface area contributed by atoms with E-state index in [1.54, 1.807) is 4.90 Å². The second-order valence-electron chi connectivity index (χ2n) is 12.7. The number of carbonyl (C=O) groups is 2. The maximum absolute atomic E-state index is 13.8. The third kappa shape index (κ3) is 5.57.